The minimum absolute atomic E-state index is 0.563. The predicted molar refractivity (Wildman–Crippen MR) is 81.2 cm³/mol. The van der Waals surface area contributed by atoms with Gasteiger partial charge in [0.1, 0.15) is 0 Å². The van der Waals surface area contributed by atoms with E-state index in [1.165, 1.54) is 12.0 Å². The summed E-state index contributed by atoms with van der Waals surface area (Å²) in [5, 5.41) is 0. The molecule has 1 saturated heterocycles. The molecule has 0 aliphatic carbocycles. The van der Waals surface area contributed by atoms with Crippen molar-refractivity contribution in [2.75, 3.05) is 13.1 Å². The highest BCUT2D eigenvalue weighted by Crippen LogP contribution is 2.27. The van der Waals surface area contributed by atoms with Gasteiger partial charge in [-0.25, -0.2) is 0 Å². The quantitative estimate of drug-likeness (QED) is 0.925. The summed E-state index contributed by atoms with van der Waals surface area (Å²) in [4.78, 5) is 6.98. The highest BCUT2D eigenvalue weighted by Gasteiger charge is 2.23. The first kappa shape index (κ1) is 13.3. The minimum Gasteiger partial charge on any atom is -0.326 e. The zero-order chi connectivity index (χ0) is 13.8. The number of aromatic nitrogens is 1. The summed E-state index contributed by atoms with van der Waals surface area (Å²) in [6.45, 7) is 3.78. The molecule has 2 heterocycles. The normalized spacial score (nSPS) is 19.4. The monoisotopic (exact) mass is 267 g/mol. The van der Waals surface area contributed by atoms with Crippen LogP contribution in [0, 0.1) is 0 Å². The Morgan fingerprint density at radius 2 is 2.00 bits per heavy atom. The molecule has 0 amide bonds. The zero-order valence-electron chi connectivity index (χ0n) is 11.7. The van der Waals surface area contributed by atoms with E-state index in [9.17, 15) is 0 Å². The molecule has 3 rings (SSSR count). The molecule has 1 aromatic heterocycles. The number of likely N-dealkylation sites (tertiary alicyclic amines) is 1. The predicted octanol–water partition coefficient (Wildman–Crippen LogP) is 2.53. The third-order valence-corrected chi connectivity index (χ3v) is 4.05. The van der Waals surface area contributed by atoms with Gasteiger partial charge in [0.25, 0.3) is 0 Å². The van der Waals surface area contributed by atoms with Crippen molar-refractivity contribution in [1.82, 2.24) is 9.88 Å². The molecule has 0 spiro atoms. The number of benzene rings is 1. The maximum absolute atomic E-state index is 5.60. The summed E-state index contributed by atoms with van der Waals surface area (Å²) >= 11 is 0. The topological polar surface area (TPSA) is 42.1 Å². The Hall–Kier alpha value is -1.71. The SMILES string of the molecule is NCc1ccc(CN2CCC(c3ccccc3)C2)nc1. The number of pyridine rings is 1. The van der Waals surface area contributed by atoms with Crippen LogP contribution in [-0.2, 0) is 13.1 Å². The summed E-state index contributed by atoms with van der Waals surface area (Å²) in [5.74, 6) is 0.666. The highest BCUT2D eigenvalue weighted by molar-refractivity contribution is 5.21. The van der Waals surface area contributed by atoms with Crippen LogP contribution in [0.25, 0.3) is 0 Å². The van der Waals surface area contributed by atoms with Crippen molar-refractivity contribution < 1.29 is 0 Å². The maximum atomic E-state index is 5.60. The van der Waals surface area contributed by atoms with Gasteiger partial charge in [0.05, 0.1) is 5.69 Å². The lowest BCUT2D eigenvalue weighted by molar-refractivity contribution is 0.322. The standard InChI is InChI=1S/C17H21N3/c18-10-14-6-7-17(19-11-14)13-20-9-8-16(12-20)15-4-2-1-3-5-15/h1-7,11,16H,8-10,12-13,18H2. The van der Waals surface area contributed by atoms with E-state index in [1.54, 1.807) is 0 Å². The average molecular weight is 267 g/mol. The van der Waals surface area contributed by atoms with Gasteiger partial charge in [0.2, 0.25) is 0 Å². The number of hydrogen-bond donors (Lipinski definition) is 1. The zero-order valence-corrected chi connectivity index (χ0v) is 11.7. The number of hydrogen-bond acceptors (Lipinski definition) is 3. The lowest BCUT2D eigenvalue weighted by atomic mass is 9.99. The molecular formula is C17H21N3. The second-order valence-corrected chi connectivity index (χ2v) is 5.49. The minimum atomic E-state index is 0.563. The van der Waals surface area contributed by atoms with E-state index in [4.69, 9.17) is 5.73 Å². The largest absolute Gasteiger partial charge is 0.326 e. The van der Waals surface area contributed by atoms with Crippen LogP contribution in [0.3, 0.4) is 0 Å². The fraction of sp³-hybridized carbons (Fsp3) is 0.353. The Balaban J connectivity index is 1.60. The smallest absolute Gasteiger partial charge is 0.0544 e. The molecule has 0 saturated carbocycles. The summed E-state index contributed by atoms with van der Waals surface area (Å²) in [6.07, 6.45) is 3.13. The van der Waals surface area contributed by atoms with Gasteiger partial charge in [-0.05, 0) is 36.1 Å². The molecule has 3 heteroatoms. The fourth-order valence-electron chi connectivity index (χ4n) is 2.87. The van der Waals surface area contributed by atoms with Gasteiger partial charge in [-0.3, -0.25) is 9.88 Å². The van der Waals surface area contributed by atoms with Crippen LogP contribution in [0.15, 0.2) is 48.7 Å². The first-order chi connectivity index (χ1) is 9.85. The molecule has 0 radical (unpaired) electrons. The Morgan fingerprint density at radius 1 is 1.15 bits per heavy atom. The van der Waals surface area contributed by atoms with Crippen molar-refractivity contribution in [3.8, 4) is 0 Å². The molecule has 1 fully saturated rings. The van der Waals surface area contributed by atoms with Crippen LogP contribution in [0.4, 0.5) is 0 Å². The molecule has 1 aromatic carbocycles. The average Bonchev–Trinajstić information content (AvgIpc) is 2.97. The molecular weight excluding hydrogens is 246 g/mol. The molecule has 3 nitrogen and oxygen atoms in total. The molecule has 0 bridgehead atoms. The Kier molecular flexibility index (Phi) is 4.09. The Morgan fingerprint density at radius 3 is 2.70 bits per heavy atom. The lowest BCUT2D eigenvalue weighted by Gasteiger charge is -2.16. The number of rotatable bonds is 4. The molecule has 20 heavy (non-hydrogen) atoms. The van der Waals surface area contributed by atoms with Crippen molar-refractivity contribution in [3.63, 3.8) is 0 Å². The third-order valence-electron chi connectivity index (χ3n) is 4.05. The highest BCUT2D eigenvalue weighted by atomic mass is 15.1. The maximum Gasteiger partial charge on any atom is 0.0544 e. The second kappa shape index (κ2) is 6.16. The summed E-state index contributed by atoms with van der Waals surface area (Å²) < 4.78 is 0. The molecule has 2 aromatic rings. The van der Waals surface area contributed by atoms with Gasteiger partial charge in [0, 0.05) is 25.8 Å². The van der Waals surface area contributed by atoms with E-state index < -0.39 is 0 Å². The van der Waals surface area contributed by atoms with E-state index in [0.717, 1.165) is 30.9 Å². The first-order valence-electron chi connectivity index (χ1n) is 7.26. The lowest BCUT2D eigenvalue weighted by Crippen LogP contribution is -2.20. The molecule has 1 unspecified atom stereocenters. The van der Waals surface area contributed by atoms with E-state index in [-0.39, 0.29) is 0 Å². The van der Waals surface area contributed by atoms with E-state index in [0.29, 0.717) is 12.5 Å². The number of nitrogens with zero attached hydrogens (tertiary/aromatic N) is 2. The second-order valence-electron chi connectivity index (χ2n) is 5.49. The van der Waals surface area contributed by atoms with E-state index >= 15 is 0 Å². The van der Waals surface area contributed by atoms with Gasteiger partial charge in [-0.2, -0.15) is 0 Å². The van der Waals surface area contributed by atoms with Gasteiger partial charge in [0.15, 0.2) is 0 Å². The van der Waals surface area contributed by atoms with Crippen LogP contribution in [0.2, 0.25) is 0 Å². The van der Waals surface area contributed by atoms with Crippen molar-refractivity contribution in [2.24, 2.45) is 5.73 Å². The first-order valence-corrected chi connectivity index (χ1v) is 7.26. The van der Waals surface area contributed by atoms with E-state index in [2.05, 4.69) is 52.3 Å². The fourth-order valence-corrected chi connectivity index (χ4v) is 2.87. The van der Waals surface area contributed by atoms with Gasteiger partial charge >= 0.3 is 0 Å². The van der Waals surface area contributed by atoms with Gasteiger partial charge in [-0.15, -0.1) is 0 Å². The van der Waals surface area contributed by atoms with Gasteiger partial charge in [-0.1, -0.05) is 36.4 Å². The van der Waals surface area contributed by atoms with Crippen LogP contribution < -0.4 is 5.73 Å². The van der Waals surface area contributed by atoms with Crippen LogP contribution in [-0.4, -0.2) is 23.0 Å². The molecule has 104 valence electrons. The van der Waals surface area contributed by atoms with Crippen LogP contribution in [0.1, 0.15) is 29.2 Å². The summed E-state index contributed by atoms with van der Waals surface area (Å²) in [7, 11) is 0. The van der Waals surface area contributed by atoms with E-state index in [1.807, 2.05) is 6.20 Å². The summed E-state index contributed by atoms with van der Waals surface area (Å²) in [6, 6.07) is 15.0. The van der Waals surface area contributed by atoms with Crippen LogP contribution in [0.5, 0.6) is 0 Å². The van der Waals surface area contributed by atoms with Crippen molar-refractivity contribution in [3.05, 3.63) is 65.5 Å². The van der Waals surface area contributed by atoms with Crippen molar-refractivity contribution >= 4 is 0 Å². The number of nitrogens with two attached hydrogens (primary N) is 1. The molecule has 1 aliphatic heterocycles. The Labute approximate surface area is 120 Å². The van der Waals surface area contributed by atoms with Crippen molar-refractivity contribution in [1.29, 1.82) is 0 Å². The van der Waals surface area contributed by atoms with Crippen molar-refractivity contribution in [2.45, 2.75) is 25.4 Å². The molecule has 2 N–H and O–H groups in total. The van der Waals surface area contributed by atoms with Gasteiger partial charge < -0.3 is 5.73 Å². The third kappa shape index (κ3) is 3.06. The molecule has 1 atom stereocenters. The van der Waals surface area contributed by atoms with Crippen LogP contribution >= 0.6 is 0 Å². The summed E-state index contributed by atoms with van der Waals surface area (Å²) in [5.41, 5.74) is 9.29. The Bertz CT molecular complexity index is 536. The molecule has 1 aliphatic rings.